The Bertz CT molecular complexity index is 508. The van der Waals surface area contributed by atoms with Crippen LogP contribution in [-0.2, 0) is 14.8 Å². The van der Waals surface area contributed by atoms with E-state index in [-0.39, 0.29) is 4.90 Å². The molecule has 6 heteroatoms. The highest BCUT2D eigenvalue weighted by molar-refractivity contribution is 7.89. The standard InChI is InChI=1S/C14H22N2O3S/c15-20(17,18)14-8-6-12(7-9-14)16-10-11-19-13-4-2-1-3-5-13/h6-9,13,16H,1-5,10-11H2,(H2,15,17,18). The summed E-state index contributed by atoms with van der Waals surface area (Å²) in [6.07, 6.45) is 6.62. The van der Waals surface area contributed by atoms with Crippen molar-refractivity contribution in [2.45, 2.75) is 43.1 Å². The molecule has 0 aliphatic heterocycles. The quantitative estimate of drug-likeness (QED) is 0.788. The Morgan fingerprint density at radius 2 is 1.80 bits per heavy atom. The molecule has 112 valence electrons. The summed E-state index contributed by atoms with van der Waals surface area (Å²) < 4.78 is 28.0. The minimum absolute atomic E-state index is 0.126. The lowest BCUT2D eigenvalue weighted by Gasteiger charge is -2.22. The van der Waals surface area contributed by atoms with E-state index in [1.807, 2.05) is 0 Å². The predicted molar refractivity (Wildman–Crippen MR) is 79.1 cm³/mol. The summed E-state index contributed by atoms with van der Waals surface area (Å²) in [6.45, 7) is 1.38. The van der Waals surface area contributed by atoms with Crippen molar-refractivity contribution in [3.05, 3.63) is 24.3 Å². The molecule has 0 amide bonds. The van der Waals surface area contributed by atoms with Gasteiger partial charge in [-0.1, -0.05) is 19.3 Å². The van der Waals surface area contributed by atoms with E-state index in [1.165, 1.54) is 44.2 Å². The van der Waals surface area contributed by atoms with Crippen LogP contribution in [-0.4, -0.2) is 27.7 Å². The van der Waals surface area contributed by atoms with Crippen molar-refractivity contribution < 1.29 is 13.2 Å². The Labute approximate surface area is 120 Å². The third kappa shape index (κ3) is 4.77. The van der Waals surface area contributed by atoms with E-state index >= 15 is 0 Å². The van der Waals surface area contributed by atoms with Crippen LogP contribution < -0.4 is 10.5 Å². The van der Waals surface area contributed by atoms with Crippen LogP contribution in [0.4, 0.5) is 5.69 Å². The van der Waals surface area contributed by atoms with E-state index in [1.54, 1.807) is 12.1 Å². The lowest BCUT2D eigenvalue weighted by molar-refractivity contribution is 0.0347. The van der Waals surface area contributed by atoms with E-state index in [2.05, 4.69) is 5.32 Å². The molecule has 1 saturated carbocycles. The molecule has 1 aromatic carbocycles. The van der Waals surface area contributed by atoms with E-state index < -0.39 is 10.0 Å². The van der Waals surface area contributed by atoms with E-state index in [0.29, 0.717) is 19.3 Å². The van der Waals surface area contributed by atoms with Gasteiger partial charge in [-0.05, 0) is 37.1 Å². The molecule has 0 saturated heterocycles. The van der Waals surface area contributed by atoms with E-state index in [9.17, 15) is 8.42 Å². The van der Waals surface area contributed by atoms with Crippen LogP contribution >= 0.6 is 0 Å². The van der Waals surface area contributed by atoms with Gasteiger partial charge in [0.15, 0.2) is 0 Å². The Kier molecular flexibility index (Phi) is 5.39. The number of rotatable bonds is 6. The molecule has 0 unspecified atom stereocenters. The molecule has 0 bridgehead atoms. The second-order valence-electron chi connectivity index (χ2n) is 5.13. The van der Waals surface area contributed by atoms with Crippen molar-refractivity contribution in [2.75, 3.05) is 18.5 Å². The van der Waals surface area contributed by atoms with Gasteiger partial charge in [-0.2, -0.15) is 0 Å². The van der Waals surface area contributed by atoms with Crippen LogP contribution in [0.5, 0.6) is 0 Å². The molecule has 1 aliphatic carbocycles. The molecule has 1 fully saturated rings. The zero-order valence-electron chi connectivity index (χ0n) is 11.5. The highest BCUT2D eigenvalue weighted by Crippen LogP contribution is 2.20. The van der Waals surface area contributed by atoms with Gasteiger partial charge in [0.1, 0.15) is 0 Å². The summed E-state index contributed by atoms with van der Waals surface area (Å²) in [7, 11) is -3.61. The van der Waals surface area contributed by atoms with Crippen molar-refractivity contribution in [3.8, 4) is 0 Å². The van der Waals surface area contributed by atoms with Gasteiger partial charge in [0.05, 0.1) is 17.6 Å². The number of ether oxygens (including phenoxy) is 1. The van der Waals surface area contributed by atoms with Crippen LogP contribution in [0.2, 0.25) is 0 Å². The number of anilines is 1. The fourth-order valence-corrected chi connectivity index (χ4v) is 2.93. The molecule has 1 aromatic rings. The maximum absolute atomic E-state index is 11.1. The summed E-state index contributed by atoms with van der Waals surface area (Å²) in [4.78, 5) is 0.126. The van der Waals surface area contributed by atoms with Gasteiger partial charge in [0.25, 0.3) is 0 Å². The highest BCUT2D eigenvalue weighted by atomic mass is 32.2. The van der Waals surface area contributed by atoms with Crippen molar-refractivity contribution in [1.29, 1.82) is 0 Å². The second-order valence-corrected chi connectivity index (χ2v) is 6.69. The summed E-state index contributed by atoms with van der Waals surface area (Å²) in [5, 5.41) is 8.25. The van der Waals surface area contributed by atoms with Gasteiger partial charge in [0.2, 0.25) is 10.0 Å². The van der Waals surface area contributed by atoms with Gasteiger partial charge in [0, 0.05) is 12.2 Å². The van der Waals surface area contributed by atoms with Crippen molar-refractivity contribution >= 4 is 15.7 Å². The van der Waals surface area contributed by atoms with Crippen LogP contribution in [0.3, 0.4) is 0 Å². The molecule has 0 spiro atoms. The molecule has 0 aromatic heterocycles. The Hall–Kier alpha value is -1.11. The van der Waals surface area contributed by atoms with Gasteiger partial charge in [-0.3, -0.25) is 0 Å². The first kappa shape index (κ1) is 15.3. The average Bonchev–Trinajstić information content (AvgIpc) is 2.44. The summed E-state index contributed by atoms with van der Waals surface area (Å²) in [6, 6.07) is 6.42. The Morgan fingerprint density at radius 3 is 2.40 bits per heavy atom. The van der Waals surface area contributed by atoms with Crippen LogP contribution in [0.25, 0.3) is 0 Å². The smallest absolute Gasteiger partial charge is 0.238 e. The number of nitrogens with one attached hydrogen (secondary N) is 1. The lowest BCUT2D eigenvalue weighted by atomic mass is 9.98. The van der Waals surface area contributed by atoms with Gasteiger partial charge in [-0.25, -0.2) is 13.6 Å². The molecule has 3 N–H and O–H groups in total. The Balaban J connectivity index is 1.71. The van der Waals surface area contributed by atoms with Crippen molar-refractivity contribution in [2.24, 2.45) is 5.14 Å². The molecule has 1 aliphatic rings. The average molecular weight is 298 g/mol. The van der Waals surface area contributed by atoms with Crippen molar-refractivity contribution in [3.63, 3.8) is 0 Å². The molecule has 0 radical (unpaired) electrons. The predicted octanol–water partition coefficient (Wildman–Crippen LogP) is 2.10. The zero-order valence-corrected chi connectivity index (χ0v) is 12.4. The summed E-state index contributed by atoms with van der Waals surface area (Å²) >= 11 is 0. The lowest BCUT2D eigenvalue weighted by Crippen LogP contribution is -2.20. The zero-order chi connectivity index (χ0) is 14.4. The molecule has 2 rings (SSSR count). The third-order valence-electron chi connectivity index (χ3n) is 3.52. The van der Waals surface area contributed by atoms with Gasteiger partial charge in [-0.15, -0.1) is 0 Å². The minimum Gasteiger partial charge on any atom is -0.383 e. The highest BCUT2D eigenvalue weighted by Gasteiger charge is 2.13. The van der Waals surface area contributed by atoms with E-state index in [4.69, 9.17) is 9.88 Å². The fourth-order valence-electron chi connectivity index (χ4n) is 2.42. The molecular formula is C14H22N2O3S. The largest absolute Gasteiger partial charge is 0.383 e. The third-order valence-corrected chi connectivity index (χ3v) is 4.45. The minimum atomic E-state index is -3.61. The number of sulfonamides is 1. The first-order chi connectivity index (χ1) is 9.55. The molecule has 0 atom stereocenters. The second kappa shape index (κ2) is 7.06. The first-order valence-corrected chi connectivity index (χ1v) is 8.59. The van der Waals surface area contributed by atoms with Gasteiger partial charge < -0.3 is 10.1 Å². The topological polar surface area (TPSA) is 81.4 Å². The molecule has 0 heterocycles. The number of primary sulfonamides is 1. The van der Waals surface area contributed by atoms with Crippen molar-refractivity contribution in [1.82, 2.24) is 0 Å². The molecule has 5 nitrogen and oxygen atoms in total. The SMILES string of the molecule is NS(=O)(=O)c1ccc(NCCOC2CCCCC2)cc1. The number of benzene rings is 1. The normalized spacial score (nSPS) is 17.1. The first-order valence-electron chi connectivity index (χ1n) is 7.04. The Morgan fingerprint density at radius 1 is 1.15 bits per heavy atom. The van der Waals surface area contributed by atoms with Crippen LogP contribution in [0.15, 0.2) is 29.2 Å². The maximum atomic E-state index is 11.1. The monoisotopic (exact) mass is 298 g/mol. The molecular weight excluding hydrogens is 276 g/mol. The van der Waals surface area contributed by atoms with E-state index in [0.717, 1.165) is 5.69 Å². The number of hydrogen-bond acceptors (Lipinski definition) is 4. The fraction of sp³-hybridized carbons (Fsp3) is 0.571. The number of nitrogens with two attached hydrogens (primary N) is 1. The van der Waals surface area contributed by atoms with Gasteiger partial charge >= 0.3 is 0 Å². The molecule has 20 heavy (non-hydrogen) atoms. The summed E-state index contributed by atoms with van der Waals surface area (Å²) in [5.74, 6) is 0. The summed E-state index contributed by atoms with van der Waals surface area (Å²) in [5.41, 5.74) is 0.865. The van der Waals surface area contributed by atoms with Crippen LogP contribution in [0.1, 0.15) is 32.1 Å². The number of hydrogen-bond donors (Lipinski definition) is 2. The van der Waals surface area contributed by atoms with Crippen LogP contribution in [0, 0.1) is 0 Å². The maximum Gasteiger partial charge on any atom is 0.238 e.